The average molecular weight is 139 g/mol. The Kier molecular flexibility index (Phi) is 6.96. The van der Waals surface area contributed by atoms with Crippen LogP contribution in [-0.4, -0.2) is 12.4 Å². The zero-order chi connectivity index (χ0) is 6.95. The van der Waals surface area contributed by atoms with Gasteiger partial charge in [0.15, 0.2) is 0 Å². The summed E-state index contributed by atoms with van der Waals surface area (Å²) in [4.78, 5) is 0. The molecule has 0 spiro atoms. The lowest BCUT2D eigenvalue weighted by Crippen LogP contribution is -1.71. The fraction of sp³-hybridized carbons (Fsp3) is 0.429. The van der Waals surface area contributed by atoms with Crippen molar-refractivity contribution in [1.82, 2.24) is 0 Å². The molecule has 0 aliphatic carbocycles. The molecule has 0 heterocycles. The maximum absolute atomic E-state index is 9.74. The summed E-state index contributed by atoms with van der Waals surface area (Å²) < 4.78 is 0. The first-order valence-electron chi connectivity index (χ1n) is 2.49. The summed E-state index contributed by atoms with van der Waals surface area (Å²) >= 11 is 1.42. The highest BCUT2D eigenvalue weighted by Gasteiger charge is 1.71. The molecular formula is C7H7OS. The molecule has 47 valence electrons. The zero-order valence-electron chi connectivity index (χ0n) is 5.23. The monoisotopic (exact) mass is 139 g/mol. The summed E-state index contributed by atoms with van der Waals surface area (Å²) in [7, 11) is 0. The standard InChI is InChI=1S/C7H7OS/c1-2-6-9-7-4-3-5-8/h5,7H2,1H3. The maximum Gasteiger partial charge on any atom is 0.143 e. The van der Waals surface area contributed by atoms with Crippen molar-refractivity contribution in [2.75, 3.05) is 12.4 Å². The SMILES string of the molecule is CC#CSCC#CC[O]. The van der Waals surface area contributed by atoms with Crippen molar-refractivity contribution in [3.63, 3.8) is 0 Å². The molecule has 9 heavy (non-hydrogen) atoms. The molecule has 0 bridgehead atoms. The van der Waals surface area contributed by atoms with Gasteiger partial charge in [-0.15, -0.1) is 0 Å². The minimum absolute atomic E-state index is 0.305. The minimum Gasteiger partial charge on any atom is -0.223 e. The van der Waals surface area contributed by atoms with E-state index in [2.05, 4.69) is 23.0 Å². The van der Waals surface area contributed by atoms with E-state index in [1.807, 2.05) is 0 Å². The molecular weight excluding hydrogens is 132 g/mol. The minimum atomic E-state index is -0.305. The fourth-order valence-electron chi connectivity index (χ4n) is 0.246. The third-order valence-electron chi connectivity index (χ3n) is 0.516. The summed E-state index contributed by atoms with van der Waals surface area (Å²) in [5, 5.41) is 12.5. The van der Waals surface area contributed by atoms with E-state index in [4.69, 9.17) is 0 Å². The van der Waals surface area contributed by atoms with Crippen molar-refractivity contribution >= 4 is 11.8 Å². The smallest absolute Gasteiger partial charge is 0.143 e. The third kappa shape index (κ3) is 7.43. The first-order chi connectivity index (χ1) is 4.41. The van der Waals surface area contributed by atoms with Crippen LogP contribution in [-0.2, 0) is 5.11 Å². The van der Waals surface area contributed by atoms with Gasteiger partial charge in [-0.25, -0.2) is 5.11 Å². The topological polar surface area (TPSA) is 19.9 Å². The number of thioether (sulfide) groups is 1. The van der Waals surface area contributed by atoms with Crippen molar-refractivity contribution in [2.45, 2.75) is 6.92 Å². The highest BCUT2D eigenvalue weighted by Crippen LogP contribution is 1.91. The Morgan fingerprint density at radius 2 is 2.22 bits per heavy atom. The highest BCUT2D eigenvalue weighted by molar-refractivity contribution is 8.04. The van der Waals surface area contributed by atoms with Crippen LogP contribution in [0.15, 0.2) is 0 Å². The van der Waals surface area contributed by atoms with Gasteiger partial charge in [0.1, 0.15) is 6.61 Å². The normalized spacial score (nSPS) is 6.44. The highest BCUT2D eigenvalue weighted by atomic mass is 32.2. The Morgan fingerprint density at radius 1 is 1.44 bits per heavy atom. The first kappa shape index (κ1) is 8.43. The number of rotatable bonds is 1. The Morgan fingerprint density at radius 3 is 2.78 bits per heavy atom. The van der Waals surface area contributed by atoms with Crippen LogP contribution in [0.1, 0.15) is 6.92 Å². The van der Waals surface area contributed by atoms with Crippen LogP contribution < -0.4 is 0 Å². The van der Waals surface area contributed by atoms with E-state index >= 15 is 0 Å². The summed E-state index contributed by atoms with van der Waals surface area (Å²) in [6.07, 6.45) is 0. The van der Waals surface area contributed by atoms with Crippen molar-refractivity contribution in [3.8, 4) is 23.0 Å². The molecule has 0 aromatic heterocycles. The van der Waals surface area contributed by atoms with Gasteiger partial charge in [-0.2, -0.15) is 0 Å². The predicted molar refractivity (Wildman–Crippen MR) is 39.2 cm³/mol. The van der Waals surface area contributed by atoms with Crippen LogP contribution in [0, 0.1) is 23.0 Å². The van der Waals surface area contributed by atoms with Crippen LogP contribution >= 0.6 is 11.8 Å². The second-order valence-corrected chi connectivity index (χ2v) is 1.92. The molecule has 0 aromatic rings. The Hall–Kier alpha value is -0.570. The summed E-state index contributed by atoms with van der Waals surface area (Å²) in [6.45, 7) is 1.47. The summed E-state index contributed by atoms with van der Waals surface area (Å²) in [5.74, 6) is 8.43. The van der Waals surface area contributed by atoms with E-state index < -0.39 is 0 Å². The van der Waals surface area contributed by atoms with Crippen molar-refractivity contribution < 1.29 is 5.11 Å². The number of hydrogen-bond acceptors (Lipinski definition) is 1. The molecule has 0 saturated carbocycles. The molecule has 0 aromatic carbocycles. The van der Waals surface area contributed by atoms with Crippen molar-refractivity contribution in [1.29, 1.82) is 0 Å². The lowest BCUT2D eigenvalue weighted by Gasteiger charge is -1.75. The molecule has 0 fully saturated rings. The number of hydrogen-bond donors (Lipinski definition) is 0. The second kappa shape index (κ2) is 7.43. The predicted octanol–water partition coefficient (Wildman–Crippen LogP) is 1.13. The van der Waals surface area contributed by atoms with Gasteiger partial charge < -0.3 is 0 Å². The van der Waals surface area contributed by atoms with Gasteiger partial charge >= 0.3 is 0 Å². The molecule has 0 unspecified atom stereocenters. The molecule has 0 aliphatic rings. The van der Waals surface area contributed by atoms with Gasteiger partial charge in [0, 0.05) is 0 Å². The molecule has 0 atom stereocenters. The first-order valence-corrected chi connectivity index (χ1v) is 3.47. The molecule has 0 rings (SSSR count). The van der Waals surface area contributed by atoms with E-state index in [1.165, 1.54) is 11.8 Å². The van der Waals surface area contributed by atoms with Gasteiger partial charge in [0.25, 0.3) is 0 Å². The Balaban J connectivity index is 3.15. The lowest BCUT2D eigenvalue weighted by molar-refractivity contribution is 0.239. The van der Waals surface area contributed by atoms with Crippen LogP contribution in [0.5, 0.6) is 0 Å². The van der Waals surface area contributed by atoms with E-state index in [1.54, 1.807) is 6.92 Å². The van der Waals surface area contributed by atoms with E-state index in [0.29, 0.717) is 5.75 Å². The molecule has 0 N–H and O–H groups in total. The van der Waals surface area contributed by atoms with Crippen molar-refractivity contribution in [3.05, 3.63) is 0 Å². The molecule has 1 nitrogen and oxygen atoms in total. The molecule has 2 heteroatoms. The molecule has 0 amide bonds. The van der Waals surface area contributed by atoms with Gasteiger partial charge in [0.2, 0.25) is 0 Å². The lowest BCUT2D eigenvalue weighted by atomic mass is 10.6. The average Bonchev–Trinajstić information content (AvgIpc) is 1.89. The van der Waals surface area contributed by atoms with E-state index in [9.17, 15) is 5.11 Å². The molecule has 0 aliphatic heterocycles. The zero-order valence-corrected chi connectivity index (χ0v) is 6.05. The van der Waals surface area contributed by atoms with Crippen LogP contribution in [0.4, 0.5) is 0 Å². The molecule has 1 radical (unpaired) electrons. The van der Waals surface area contributed by atoms with Crippen molar-refractivity contribution in [2.24, 2.45) is 0 Å². The van der Waals surface area contributed by atoms with Crippen LogP contribution in [0.25, 0.3) is 0 Å². The summed E-state index contributed by atoms with van der Waals surface area (Å²) in [5.41, 5.74) is 0. The van der Waals surface area contributed by atoms with E-state index in [0.717, 1.165) is 0 Å². The largest absolute Gasteiger partial charge is 0.223 e. The fourth-order valence-corrected chi connectivity index (χ4v) is 0.637. The third-order valence-corrected chi connectivity index (χ3v) is 1.15. The summed E-state index contributed by atoms with van der Waals surface area (Å²) in [6, 6.07) is 0. The maximum atomic E-state index is 9.74. The van der Waals surface area contributed by atoms with Gasteiger partial charge in [-0.3, -0.25) is 0 Å². The van der Waals surface area contributed by atoms with E-state index in [-0.39, 0.29) is 6.61 Å². The molecule has 0 saturated heterocycles. The quantitative estimate of drug-likeness (QED) is 0.394. The van der Waals surface area contributed by atoms with Gasteiger partial charge in [0.05, 0.1) is 5.75 Å². The Bertz CT molecular complexity index is 165. The van der Waals surface area contributed by atoms with Crippen LogP contribution in [0.3, 0.4) is 0 Å². The second-order valence-electron chi connectivity index (χ2n) is 1.14. The Labute approximate surface area is 59.8 Å². The van der Waals surface area contributed by atoms with Crippen LogP contribution in [0.2, 0.25) is 0 Å². The van der Waals surface area contributed by atoms with Gasteiger partial charge in [-0.1, -0.05) is 29.5 Å². The van der Waals surface area contributed by atoms with Gasteiger partial charge in [-0.05, 0) is 12.2 Å².